The van der Waals surface area contributed by atoms with Gasteiger partial charge in [0.05, 0.1) is 23.7 Å². The summed E-state index contributed by atoms with van der Waals surface area (Å²) in [5, 5.41) is 4.97. The van der Waals surface area contributed by atoms with Gasteiger partial charge in [-0.15, -0.1) is 5.10 Å². The highest BCUT2D eigenvalue weighted by atomic mass is 32.1. The molecule has 2 N–H and O–H groups in total. The van der Waals surface area contributed by atoms with Gasteiger partial charge in [0.2, 0.25) is 0 Å². The number of fused-ring (bicyclic) bond motifs is 1. The largest absolute Gasteiger partial charge is 0.459 e. The van der Waals surface area contributed by atoms with Crippen LogP contribution in [0.4, 0.5) is 0 Å². The van der Waals surface area contributed by atoms with Gasteiger partial charge in [-0.3, -0.25) is 4.79 Å². The van der Waals surface area contributed by atoms with Gasteiger partial charge in [-0.05, 0) is 43.4 Å². The zero-order chi connectivity index (χ0) is 18.8. The summed E-state index contributed by atoms with van der Waals surface area (Å²) in [5.41, 5.74) is 0.550. The number of benzene rings is 1. The molecule has 1 unspecified atom stereocenters. The zero-order valence-electron chi connectivity index (χ0n) is 14.6. The molecule has 0 spiro atoms. The van der Waals surface area contributed by atoms with Crippen LogP contribution >= 0.6 is 12.2 Å². The van der Waals surface area contributed by atoms with Crippen LogP contribution in [0.25, 0.3) is 22.6 Å². The van der Waals surface area contributed by atoms with E-state index in [1.807, 2.05) is 25.1 Å². The maximum absolute atomic E-state index is 12.3. The Morgan fingerprint density at radius 3 is 2.89 bits per heavy atom. The number of H-pyrrole nitrogens is 1. The number of nitrogens with zero attached hydrogens (tertiary/aromatic N) is 3. The van der Waals surface area contributed by atoms with Crippen molar-refractivity contribution in [1.82, 2.24) is 19.7 Å². The van der Waals surface area contributed by atoms with Crippen LogP contribution in [0, 0.1) is 4.84 Å². The SMILES string of the molecule is CC[NH+](Cc1nc2ccccc2c(=O)[nH]1)Cn1nc(-c2ccco2)oc1=S. The van der Waals surface area contributed by atoms with Crippen molar-refractivity contribution in [2.24, 2.45) is 0 Å². The molecule has 3 heterocycles. The normalized spacial score (nSPS) is 12.5. The first-order valence-electron chi connectivity index (χ1n) is 8.57. The van der Waals surface area contributed by atoms with Crippen molar-refractivity contribution < 1.29 is 13.7 Å². The Morgan fingerprint density at radius 2 is 2.11 bits per heavy atom. The highest BCUT2D eigenvalue weighted by Crippen LogP contribution is 2.17. The van der Waals surface area contributed by atoms with Gasteiger partial charge in [-0.1, -0.05) is 12.1 Å². The van der Waals surface area contributed by atoms with E-state index in [0.29, 0.717) is 41.6 Å². The number of hydrogen-bond donors (Lipinski definition) is 2. The first kappa shape index (κ1) is 17.4. The molecule has 0 bridgehead atoms. The Hall–Kier alpha value is -3.04. The van der Waals surface area contributed by atoms with Gasteiger partial charge in [0.15, 0.2) is 18.3 Å². The number of aromatic amines is 1. The minimum Gasteiger partial charge on any atom is -0.459 e. The fraction of sp³-hybridized carbons (Fsp3) is 0.222. The Labute approximate surface area is 159 Å². The molecule has 0 aliphatic rings. The van der Waals surface area contributed by atoms with Gasteiger partial charge < -0.3 is 18.7 Å². The summed E-state index contributed by atoms with van der Waals surface area (Å²) in [6.45, 7) is 3.85. The van der Waals surface area contributed by atoms with E-state index in [1.165, 1.54) is 0 Å². The molecule has 9 heteroatoms. The fourth-order valence-corrected chi connectivity index (χ4v) is 3.05. The average molecular weight is 384 g/mol. The molecular formula is C18H18N5O3S+. The van der Waals surface area contributed by atoms with Crippen LogP contribution in [0.5, 0.6) is 0 Å². The highest BCUT2D eigenvalue weighted by Gasteiger charge is 2.16. The molecule has 3 aromatic heterocycles. The monoisotopic (exact) mass is 384 g/mol. The number of hydrogen-bond acceptors (Lipinski definition) is 6. The van der Waals surface area contributed by atoms with Crippen molar-refractivity contribution in [2.75, 3.05) is 6.54 Å². The number of nitrogens with one attached hydrogen (secondary N) is 2. The van der Waals surface area contributed by atoms with E-state index in [-0.39, 0.29) is 10.4 Å². The summed E-state index contributed by atoms with van der Waals surface area (Å²) in [5.74, 6) is 1.49. The predicted molar refractivity (Wildman–Crippen MR) is 101 cm³/mol. The molecule has 0 radical (unpaired) electrons. The molecule has 138 valence electrons. The summed E-state index contributed by atoms with van der Waals surface area (Å²) < 4.78 is 12.4. The lowest BCUT2D eigenvalue weighted by Crippen LogP contribution is -3.09. The van der Waals surface area contributed by atoms with Crippen molar-refractivity contribution in [2.45, 2.75) is 20.1 Å². The molecular weight excluding hydrogens is 366 g/mol. The molecule has 1 aromatic carbocycles. The smallest absolute Gasteiger partial charge is 0.292 e. The Balaban J connectivity index is 1.57. The van der Waals surface area contributed by atoms with Crippen LogP contribution in [0.15, 0.2) is 56.3 Å². The van der Waals surface area contributed by atoms with E-state index in [1.54, 1.807) is 29.1 Å². The van der Waals surface area contributed by atoms with Gasteiger partial charge in [-0.2, -0.15) is 4.68 Å². The van der Waals surface area contributed by atoms with Gasteiger partial charge in [0, 0.05) is 0 Å². The number of quaternary nitrogens is 1. The molecule has 0 fully saturated rings. The lowest BCUT2D eigenvalue weighted by Gasteiger charge is -2.16. The minimum atomic E-state index is -0.135. The van der Waals surface area contributed by atoms with Gasteiger partial charge in [-0.25, -0.2) is 4.98 Å². The Bertz CT molecular complexity index is 1180. The molecule has 4 aromatic rings. The lowest BCUT2D eigenvalue weighted by molar-refractivity contribution is -0.936. The van der Waals surface area contributed by atoms with Crippen LogP contribution in [-0.4, -0.2) is 26.3 Å². The average Bonchev–Trinajstić information content (AvgIpc) is 3.31. The van der Waals surface area contributed by atoms with Gasteiger partial charge in [0.1, 0.15) is 6.54 Å². The quantitative estimate of drug-likeness (QED) is 0.492. The van der Waals surface area contributed by atoms with Gasteiger partial charge >= 0.3 is 0 Å². The second kappa shape index (κ2) is 7.29. The number of para-hydroxylation sites is 1. The summed E-state index contributed by atoms with van der Waals surface area (Å²) in [7, 11) is 0. The van der Waals surface area contributed by atoms with Crippen LogP contribution in [-0.2, 0) is 13.2 Å². The first-order valence-corrected chi connectivity index (χ1v) is 8.98. The van der Waals surface area contributed by atoms with Crippen molar-refractivity contribution in [3.05, 3.63) is 63.7 Å². The summed E-state index contributed by atoms with van der Waals surface area (Å²) in [4.78, 5) is 21.1. The summed E-state index contributed by atoms with van der Waals surface area (Å²) in [6, 6.07) is 10.8. The van der Waals surface area contributed by atoms with Crippen molar-refractivity contribution in [1.29, 1.82) is 0 Å². The molecule has 8 nitrogen and oxygen atoms in total. The van der Waals surface area contributed by atoms with Crippen molar-refractivity contribution in [3.63, 3.8) is 0 Å². The topological polar surface area (TPSA) is 94.3 Å². The van der Waals surface area contributed by atoms with E-state index in [2.05, 4.69) is 15.1 Å². The number of furan rings is 1. The second-order valence-corrected chi connectivity index (χ2v) is 6.47. The maximum Gasteiger partial charge on any atom is 0.292 e. The molecule has 0 saturated heterocycles. The first-order chi connectivity index (χ1) is 13.1. The third kappa shape index (κ3) is 3.60. The molecule has 1 atom stereocenters. The predicted octanol–water partition coefficient (Wildman–Crippen LogP) is 1.76. The van der Waals surface area contributed by atoms with Gasteiger partial charge in [0.25, 0.3) is 16.3 Å². The zero-order valence-corrected chi connectivity index (χ0v) is 15.5. The third-order valence-electron chi connectivity index (χ3n) is 4.29. The summed E-state index contributed by atoms with van der Waals surface area (Å²) in [6.07, 6.45) is 1.55. The van der Waals surface area contributed by atoms with Crippen LogP contribution < -0.4 is 10.5 Å². The standard InChI is InChI=1S/C18H17N5O3S/c1-2-22(10-15-19-13-7-4-3-6-12(13)16(24)20-15)11-23-18(27)26-17(21-23)14-8-5-9-25-14/h3-9H,2,10-11H2,1H3,(H,19,20,24)/p+1. The number of rotatable bonds is 6. The molecule has 0 amide bonds. The van der Waals surface area contributed by atoms with Crippen LogP contribution in [0.2, 0.25) is 0 Å². The van der Waals surface area contributed by atoms with Crippen molar-refractivity contribution >= 4 is 23.1 Å². The van der Waals surface area contributed by atoms with E-state index < -0.39 is 0 Å². The fourth-order valence-electron chi connectivity index (χ4n) is 2.87. The van der Waals surface area contributed by atoms with E-state index in [4.69, 9.17) is 21.1 Å². The highest BCUT2D eigenvalue weighted by molar-refractivity contribution is 7.71. The van der Waals surface area contributed by atoms with Crippen LogP contribution in [0.3, 0.4) is 0 Å². The van der Waals surface area contributed by atoms with Crippen molar-refractivity contribution in [3.8, 4) is 11.7 Å². The molecule has 0 aliphatic heterocycles. The van der Waals surface area contributed by atoms with E-state index in [9.17, 15) is 4.79 Å². The lowest BCUT2D eigenvalue weighted by atomic mass is 10.2. The number of aromatic nitrogens is 4. The second-order valence-electron chi connectivity index (χ2n) is 6.12. The summed E-state index contributed by atoms with van der Waals surface area (Å²) >= 11 is 5.27. The maximum atomic E-state index is 12.3. The molecule has 27 heavy (non-hydrogen) atoms. The van der Waals surface area contributed by atoms with E-state index >= 15 is 0 Å². The van der Waals surface area contributed by atoms with Crippen LogP contribution in [0.1, 0.15) is 12.7 Å². The molecule has 4 rings (SSSR count). The Kier molecular flexibility index (Phi) is 4.69. The third-order valence-corrected chi connectivity index (χ3v) is 4.59. The molecule has 0 aliphatic carbocycles. The molecule has 0 saturated carbocycles. The minimum absolute atomic E-state index is 0.135. The Morgan fingerprint density at radius 1 is 1.26 bits per heavy atom. The van der Waals surface area contributed by atoms with E-state index in [0.717, 1.165) is 11.4 Å².